The van der Waals surface area contributed by atoms with Crippen molar-refractivity contribution in [3.8, 4) is 0 Å². The van der Waals surface area contributed by atoms with E-state index >= 15 is 0 Å². The highest BCUT2D eigenvalue weighted by Gasteiger charge is 2.18. The quantitative estimate of drug-likeness (QED) is 0.641. The molecule has 1 atom stereocenters. The molecule has 0 unspecified atom stereocenters. The third kappa shape index (κ3) is 4.92. The van der Waals surface area contributed by atoms with E-state index in [-0.39, 0.29) is 12.5 Å². The van der Waals surface area contributed by atoms with Gasteiger partial charge in [-0.15, -0.1) is 11.3 Å². The molecule has 0 aliphatic heterocycles. The molecule has 0 bridgehead atoms. The van der Waals surface area contributed by atoms with Crippen LogP contribution in [-0.2, 0) is 14.3 Å². The fourth-order valence-corrected chi connectivity index (χ4v) is 3.09. The summed E-state index contributed by atoms with van der Waals surface area (Å²) >= 11 is 1.28. The van der Waals surface area contributed by atoms with Crippen molar-refractivity contribution in [2.24, 2.45) is 0 Å². The van der Waals surface area contributed by atoms with E-state index in [0.717, 1.165) is 10.8 Å². The molecule has 0 aliphatic carbocycles. The molecular formula is C20H18N2O4S. The highest BCUT2D eigenvalue weighted by atomic mass is 32.1. The van der Waals surface area contributed by atoms with Gasteiger partial charge in [-0.1, -0.05) is 36.4 Å². The smallest absolute Gasteiger partial charge is 0.326 e. The van der Waals surface area contributed by atoms with Crippen molar-refractivity contribution in [3.05, 3.63) is 64.9 Å². The van der Waals surface area contributed by atoms with Crippen LogP contribution in [0.3, 0.4) is 0 Å². The van der Waals surface area contributed by atoms with Crippen LogP contribution in [0.25, 0.3) is 10.8 Å². The Morgan fingerprint density at radius 1 is 1.04 bits per heavy atom. The second kappa shape index (κ2) is 8.46. The van der Waals surface area contributed by atoms with Crippen LogP contribution in [0, 0.1) is 0 Å². The van der Waals surface area contributed by atoms with Gasteiger partial charge in [0.05, 0.1) is 4.88 Å². The van der Waals surface area contributed by atoms with Gasteiger partial charge in [-0.3, -0.25) is 14.4 Å². The first-order valence-corrected chi connectivity index (χ1v) is 9.22. The fraction of sp³-hybridized carbons (Fsp3) is 0.150. The van der Waals surface area contributed by atoms with Crippen LogP contribution >= 0.6 is 11.3 Å². The first kappa shape index (κ1) is 18.6. The topological polar surface area (TPSA) is 84.5 Å². The Labute approximate surface area is 160 Å². The Kier molecular flexibility index (Phi) is 5.83. The van der Waals surface area contributed by atoms with Crippen molar-refractivity contribution in [3.63, 3.8) is 0 Å². The van der Waals surface area contributed by atoms with Crippen molar-refractivity contribution < 1.29 is 19.1 Å². The van der Waals surface area contributed by atoms with Crippen LogP contribution in [0.15, 0.2) is 60.0 Å². The molecule has 1 aromatic heterocycles. The van der Waals surface area contributed by atoms with Gasteiger partial charge in [0.2, 0.25) is 0 Å². The van der Waals surface area contributed by atoms with Crippen LogP contribution < -0.4 is 10.6 Å². The summed E-state index contributed by atoms with van der Waals surface area (Å²) in [5.74, 6) is -1.47. The molecule has 0 aliphatic rings. The van der Waals surface area contributed by atoms with Gasteiger partial charge in [0.1, 0.15) is 6.54 Å². The third-order valence-electron chi connectivity index (χ3n) is 3.83. The molecule has 0 saturated heterocycles. The van der Waals surface area contributed by atoms with E-state index in [1.807, 2.05) is 36.4 Å². The van der Waals surface area contributed by atoms with Gasteiger partial charge in [-0.2, -0.15) is 0 Å². The van der Waals surface area contributed by atoms with E-state index in [0.29, 0.717) is 10.6 Å². The van der Waals surface area contributed by atoms with E-state index in [1.54, 1.807) is 23.6 Å². The van der Waals surface area contributed by atoms with Gasteiger partial charge in [-0.05, 0) is 41.3 Å². The molecule has 27 heavy (non-hydrogen) atoms. The van der Waals surface area contributed by atoms with E-state index in [4.69, 9.17) is 4.74 Å². The number of thiophene rings is 1. The largest absolute Gasteiger partial charge is 0.451 e. The lowest BCUT2D eigenvalue weighted by atomic mass is 10.1. The number of carbonyl (C=O) groups is 3. The van der Waals surface area contributed by atoms with E-state index in [2.05, 4.69) is 10.6 Å². The van der Waals surface area contributed by atoms with Crippen molar-refractivity contribution in [2.45, 2.75) is 13.0 Å². The average Bonchev–Trinajstić information content (AvgIpc) is 3.21. The second-order valence-electron chi connectivity index (χ2n) is 5.84. The molecule has 2 amide bonds. The Hall–Kier alpha value is -3.19. The van der Waals surface area contributed by atoms with Crippen LogP contribution in [0.4, 0.5) is 5.69 Å². The maximum Gasteiger partial charge on any atom is 0.326 e. The van der Waals surface area contributed by atoms with Crippen LogP contribution in [0.2, 0.25) is 0 Å². The summed E-state index contributed by atoms with van der Waals surface area (Å²) < 4.78 is 5.08. The number of anilines is 1. The molecule has 3 rings (SSSR count). The molecule has 7 heteroatoms. The van der Waals surface area contributed by atoms with Crippen molar-refractivity contribution in [1.82, 2.24) is 5.32 Å². The number of carbonyl (C=O) groups excluding carboxylic acids is 3. The minimum absolute atomic E-state index is 0.301. The SMILES string of the molecule is C[C@@H](OC(=O)CNC(=O)c1cccs1)C(=O)Nc1ccc2ccccc2c1. The Bertz CT molecular complexity index is 969. The molecule has 3 aromatic rings. The number of rotatable bonds is 6. The van der Waals surface area contributed by atoms with E-state index in [9.17, 15) is 14.4 Å². The average molecular weight is 382 g/mol. The number of esters is 1. The normalized spacial score (nSPS) is 11.6. The Morgan fingerprint density at radius 2 is 1.81 bits per heavy atom. The van der Waals surface area contributed by atoms with E-state index < -0.39 is 18.0 Å². The summed E-state index contributed by atoms with van der Waals surface area (Å²) in [6.45, 7) is 1.18. The number of amides is 2. The zero-order chi connectivity index (χ0) is 19.2. The third-order valence-corrected chi connectivity index (χ3v) is 4.70. The number of ether oxygens (including phenoxy) is 1. The minimum Gasteiger partial charge on any atom is -0.451 e. The molecule has 6 nitrogen and oxygen atoms in total. The van der Waals surface area contributed by atoms with Gasteiger partial charge in [0.15, 0.2) is 6.10 Å². The van der Waals surface area contributed by atoms with E-state index in [1.165, 1.54) is 18.3 Å². The molecule has 0 fully saturated rings. The first-order valence-electron chi connectivity index (χ1n) is 8.34. The highest BCUT2D eigenvalue weighted by Crippen LogP contribution is 2.19. The molecule has 138 valence electrons. The lowest BCUT2D eigenvalue weighted by molar-refractivity contribution is -0.152. The number of nitrogens with one attached hydrogen (secondary N) is 2. The minimum atomic E-state index is -0.984. The van der Waals surface area contributed by atoms with Crippen molar-refractivity contribution in [2.75, 3.05) is 11.9 Å². The Balaban J connectivity index is 1.50. The number of hydrogen-bond acceptors (Lipinski definition) is 5. The lowest BCUT2D eigenvalue weighted by Gasteiger charge is -2.14. The van der Waals surface area contributed by atoms with Crippen LogP contribution in [-0.4, -0.2) is 30.4 Å². The summed E-state index contributed by atoms with van der Waals surface area (Å²) in [5, 5.41) is 9.02. The summed E-state index contributed by atoms with van der Waals surface area (Å²) in [6.07, 6.45) is -0.984. The fourth-order valence-electron chi connectivity index (χ4n) is 2.45. The number of hydrogen-bond donors (Lipinski definition) is 2. The van der Waals surface area contributed by atoms with Crippen molar-refractivity contribution in [1.29, 1.82) is 0 Å². The van der Waals surface area contributed by atoms with Gasteiger partial charge < -0.3 is 15.4 Å². The number of fused-ring (bicyclic) bond motifs is 1. The predicted molar refractivity (Wildman–Crippen MR) is 105 cm³/mol. The molecule has 2 N–H and O–H groups in total. The summed E-state index contributed by atoms with van der Waals surface area (Å²) in [5.41, 5.74) is 0.618. The maximum atomic E-state index is 12.2. The summed E-state index contributed by atoms with van der Waals surface area (Å²) in [6, 6.07) is 16.7. The Morgan fingerprint density at radius 3 is 2.56 bits per heavy atom. The predicted octanol–water partition coefficient (Wildman–Crippen LogP) is 3.20. The summed E-state index contributed by atoms with van der Waals surface area (Å²) in [4.78, 5) is 36.4. The molecular weight excluding hydrogens is 364 g/mol. The molecule has 2 aromatic carbocycles. The van der Waals surface area contributed by atoms with Gasteiger partial charge in [-0.25, -0.2) is 0 Å². The van der Waals surface area contributed by atoms with Crippen LogP contribution in [0.5, 0.6) is 0 Å². The van der Waals surface area contributed by atoms with Gasteiger partial charge >= 0.3 is 5.97 Å². The highest BCUT2D eigenvalue weighted by molar-refractivity contribution is 7.12. The standard InChI is InChI=1S/C20H18N2O4S/c1-13(26-18(23)12-21-20(25)17-7-4-10-27-17)19(24)22-16-9-8-14-5-2-3-6-15(14)11-16/h2-11,13H,12H2,1H3,(H,21,25)(H,22,24)/t13-/m1/s1. The lowest BCUT2D eigenvalue weighted by Crippen LogP contribution is -2.35. The second-order valence-corrected chi connectivity index (χ2v) is 6.79. The molecule has 1 heterocycles. The molecule has 0 saturated carbocycles. The van der Waals surface area contributed by atoms with Gasteiger partial charge in [0, 0.05) is 5.69 Å². The van der Waals surface area contributed by atoms with Gasteiger partial charge in [0.25, 0.3) is 11.8 Å². The van der Waals surface area contributed by atoms with Crippen molar-refractivity contribution >= 4 is 45.6 Å². The molecule has 0 radical (unpaired) electrons. The van der Waals surface area contributed by atoms with Crippen LogP contribution in [0.1, 0.15) is 16.6 Å². The first-order chi connectivity index (χ1) is 13.0. The molecule has 0 spiro atoms. The zero-order valence-electron chi connectivity index (χ0n) is 14.6. The summed E-state index contributed by atoms with van der Waals surface area (Å²) in [7, 11) is 0. The monoisotopic (exact) mass is 382 g/mol. The number of benzene rings is 2. The maximum absolute atomic E-state index is 12.2. The zero-order valence-corrected chi connectivity index (χ0v) is 15.4.